The van der Waals surface area contributed by atoms with Gasteiger partial charge in [0.25, 0.3) is 11.8 Å². The lowest BCUT2D eigenvalue weighted by Gasteiger charge is -2.08. The van der Waals surface area contributed by atoms with Crippen molar-refractivity contribution in [2.45, 2.75) is 0 Å². The third-order valence-electron chi connectivity index (χ3n) is 4.11. The largest absolute Gasteiger partial charge is 0.497 e. The van der Waals surface area contributed by atoms with Crippen molar-refractivity contribution in [3.05, 3.63) is 89.7 Å². The number of amides is 2. The highest BCUT2D eigenvalue weighted by atomic mass is 19.1. The van der Waals surface area contributed by atoms with E-state index in [1.807, 2.05) is 0 Å². The van der Waals surface area contributed by atoms with E-state index in [1.165, 1.54) is 31.5 Å². The molecule has 0 bridgehead atoms. The van der Waals surface area contributed by atoms with Gasteiger partial charge in [0.2, 0.25) is 0 Å². The number of benzene rings is 3. The molecule has 0 radical (unpaired) electrons. The van der Waals surface area contributed by atoms with E-state index in [2.05, 4.69) is 15.8 Å². The number of hydrogen-bond acceptors (Lipinski definition) is 5. The van der Waals surface area contributed by atoms with Crippen LogP contribution in [0.2, 0.25) is 0 Å². The van der Waals surface area contributed by atoms with Crippen molar-refractivity contribution < 1.29 is 23.5 Å². The van der Waals surface area contributed by atoms with Gasteiger partial charge in [-0.1, -0.05) is 18.2 Å². The number of ether oxygens (including phenoxy) is 2. The molecule has 0 aliphatic rings. The van der Waals surface area contributed by atoms with E-state index >= 15 is 0 Å². The minimum atomic E-state index is -0.516. The Hall–Kier alpha value is -4.20. The first-order valence-corrected chi connectivity index (χ1v) is 9.30. The molecule has 158 valence electrons. The summed E-state index contributed by atoms with van der Waals surface area (Å²) in [7, 11) is 1.53. The molecular weight excluding hydrogens is 401 g/mol. The van der Waals surface area contributed by atoms with Crippen LogP contribution in [0.3, 0.4) is 0 Å². The summed E-state index contributed by atoms with van der Waals surface area (Å²) in [6.07, 6.45) is 1.48. The predicted octanol–water partition coefficient (Wildman–Crippen LogP) is 3.62. The second-order valence-electron chi connectivity index (χ2n) is 6.32. The molecule has 3 aromatic carbocycles. The van der Waals surface area contributed by atoms with Crippen LogP contribution in [-0.2, 0) is 4.79 Å². The third-order valence-corrected chi connectivity index (χ3v) is 4.11. The predicted molar refractivity (Wildman–Crippen MR) is 115 cm³/mol. The van der Waals surface area contributed by atoms with Crippen molar-refractivity contribution in [3.63, 3.8) is 0 Å². The highest BCUT2D eigenvalue weighted by Crippen LogP contribution is 2.14. The van der Waals surface area contributed by atoms with Crippen molar-refractivity contribution >= 4 is 23.7 Å². The van der Waals surface area contributed by atoms with E-state index in [9.17, 15) is 14.0 Å². The first-order chi connectivity index (χ1) is 15.0. The topological polar surface area (TPSA) is 89.0 Å². The van der Waals surface area contributed by atoms with Crippen molar-refractivity contribution in [1.82, 2.24) is 5.43 Å². The molecule has 0 atom stereocenters. The number of hydrogen-bond donors (Lipinski definition) is 2. The maximum atomic E-state index is 13.5. The average Bonchev–Trinajstić information content (AvgIpc) is 2.80. The van der Waals surface area contributed by atoms with Crippen LogP contribution < -0.4 is 20.2 Å². The van der Waals surface area contributed by atoms with Crippen LogP contribution in [-0.4, -0.2) is 31.7 Å². The number of nitrogens with zero attached hydrogens (tertiary/aromatic N) is 1. The average molecular weight is 421 g/mol. The zero-order valence-electron chi connectivity index (χ0n) is 16.7. The zero-order chi connectivity index (χ0) is 22.1. The molecule has 7 nitrogen and oxygen atoms in total. The van der Waals surface area contributed by atoms with Crippen molar-refractivity contribution in [1.29, 1.82) is 0 Å². The fourth-order valence-electron chi connectivity index (χ4n) is 2.54. The molecule has 0 saturated heterocycles. The molecule has 0 heterocycles. The number of anilines is 1. The molecule has 2 amide bonds. The number of hydrazone groups is 1. The Bertz CT molecular complexity index is 1080. The van der Waals surface area contributed by atoms with Crippen LogP contribution in [0.15, 0.2) is 77.9 Å². The van der Waals surface area contributed by atoms with Gasteiger partial charge >= 0.3 is 0 Å². The maximum Gasteiger partial charge on any atom is 0.271 e. The van der Waals surface area contributed by atoms with Gasteiger partial charge < -0.3 is 14.8 Å². The quantitative estimate of drug-likeness (QED) is 0.430. The van der Waals surface area contributed by atoms with Crippen molar-refractivity contribution in [3.8, 4) is 11.5 Å². The maximum absolute atomic E-state index is 13.5. The van der Waals surface area contributed by atoms with Gasteiger partial charge in [-0.05, 0) is 60.2 Å². The molecule has 8 heteroatoms. The summed E-state index contributed by atoms with van der Waals surface area (Å²) in [6.45, 7) is -0.266. The Morgan fingerprint density at radius 3 is 2.52 bits per heavy atom. The zero-order valence-corrected chi connectivity index (χ0v) is 16.7. The Morgan fingerprint density at radius 1 is 1.00 bits per heavy atom. The van der Waals surface area contributed by atoms with Gasteiger partial charge in [-0.3, -0.25) is 9.59 Å². The Morgan fingerprint density at radius 2 is 1.77 bits per heavy atom. The number of halogens is 1. The Kier molecular flexibility index (Phi) is 7.31. The van der Waals surface area contributed by atoms with E-state index in [-0.39, 0.29) is 18.2 Å². The monoisotopic (exact) mass is 421 g/mol. The first-order valence-electron chi connectivity index (χ1n) is 9.30. The Labute approximate surface area is 178 Å². The summed E-state index contributed by atoms with van der Waals surface area (Å²) < 4.78 is 24.0. The van der Waals surface area contributed by atoms with Gasteiger partial charge in [-0.25, -0.2) is 9.82 Å². The molecule has 3 rings (SSSR count). The molecular formula is C23H20FN3O4. The number of carbonyl (C=O) groups is 2. The number of para-hydroxylation sites is 1. The molecule has 0 unspecified atom stereocenters. The van der Waals surface area contributed by atoms with Crippen molar-refractivity contribution in [2.24, 2.45) is 5.10 Å². The molecule has 3 aromatic rings. The summed E-state index contributed by atoms with van der Waals surface area (Å²) in [6, 6.07) is 19.3. The molecule has 0 fully saturated rings. The van der Waals surface area contributed by atoms with E-state index in [0.717, 1.165) is 0 Å². The summed E-state index contributed by atoms with van der Waals surface area (Å²) in [5.74, 6) is -0.319. The van der Waals surface area contributed by atoms with Gasteiger partial charge in [0.1, 0.15) is 17.3 Å². The van der Waals surface area contributed by atoms with Crippen LogP contribution in [0, 0.1) is 5.82 Å². The van der Waals surface area contributed by atoms with Gasteiger partial charge in [-0.15, -0.1) is 0 Å². The normalized spacial score (nSPS) is 10.5. The molecule has 0 aromatic heterocycles. The lowest BCUT2D eigenvalue weighted by atomic mass is 10.2. The minimum absolute atomic E-state index is 0.0960. The van der Waals surface area contributed by atoms with E-state index in [4.69, 9.17) is 9.47 Å². The smallest absolute Gasteiger partial charge is 0.271 e. The van der Waals surface area contributed by atoms with Crippen LogP contribution in [0.4, 0.5) is 10.1 Å². The van der Waals surface area contributed by atoms with Crippen LogP contribution in [0.5, 0.6) is 11.5 Å². The van der Waals surface area contributed by atoms with E-state index < -0.39 is 11.7 Å². The van der Waals surface area contributed by atoms with E-state index in [0.29, 0.717) is 22.6 Å². The molecule has 0 saturated carbocycles. The van der Waals surface area contributed by atoms with Gasteiger partial charge in [0.05, 0.1) is 19.0 Å². The molecule has 2 N–H and O–H groups in total. The van der Waals surface area contributed by atoms with Crippen molar-refractivity contribution in [2.75, 3.05) is 19.0 Å². The van der Waals surface area contributed by atoms with Gasteiger partial charge in [0.15, 0.2) is 6.61 Å². The minimum Gasteiger partial charge on any atom is -0.497 e. The molecule has 0 aliphatic carbocycles. The van der Waals surface area contributed by atoms with Crippen LogP contribution in [0.1, 0.15) is 15.9 Å². The second kappa shape index (κ2) is 10.5. The number of nitrogens with one attached hydrogen (secondary N) is 2. The fourth-order valence-corrected chi connectivity index (χ4v) is 2.54. The van der Waals surface area contributed by atoms with E-state index in [1.54, 1.807) is 54.6 Å². The SMILES string of the molecule is COc1cccc(C(=O)NN=Cc2ccc(OCC(=O)Nc3ccccc3F)cc2)c1. The summed E-state index contributed by atoms with van der Waals surface area (Å²) in [5.41, 5.74) is 3.68. The highest BCUT2D eigenvalue weighted by Gasteiger charge is 2.07. The highest BCUT2D eigenvalue weighted by molar-refractivity contribution is 5.95. The summed E-state index contributed by atoms with van der Waals surface area (Å²) in [4.78, 5) is 24.0. The first kappa shape index (κ1) is 21.5. The van der Waals surface area contributed by atoms with Crippen LogP contribution >= 0.6 is 0 Å². The number of carbonyl (C=O) groups excluding carboxylic acids is 2. The lowest BCUT2D eigenvalue weighted by Crippen LogP contribution is -2.20. The number of rotatable bonds is 8. The van der Waals surface area contributed by atoms with Crippen LogP contribution in [0.25, 0.3) is 0 Å². The fraction of sp³-hybridized carbons (Fsp3) is 0.0870. The second-order valence-corrected chi connectivity index (χ2v) is 6.32. The number of methoxy groups -OCH3 is 1. The molecule has 31 heavy (non-hydrogen) atoms. The lowest BCUT2D eigenvalue weighted by molar-refractivity contribution is -0.118. The molecule has 0 aliphatic heterocycles. The third kappa shape index (κ3) is 6.40. The Balaban J connectivity index is 1.47. The van der Waals surface area contributed by atoms with Gasteiger partial charge in [0, 0.05) is 5.56 Å². The standard InChI is InChI=1S/C23H20FN3O4/c1-30-19-6-4-5-17(13-19)23(29)27-25-14-16-9-11-18(12-10-16)31-15-22(28)26-21-8-3-2-7-20(21)24/h2-14H,15H2,1H3,(H,26,28)(H,27,29). The summed E-state index contributed by atoms with van der Waals surface area (Å²) >= 11 is 0. The molecule has 0 spiro atoms. The van der Waals surface area contributed by atoms with Gasteiger partial charge in [-0.2, -0.15) is 5.10 Å². The summed E-state index contributed by atoms with van der Waals surface area (Å²) in [5, 5.41) is 6.37.